The van der Waals surface area contributed by atoms with E-state index in [0.29, 0.717) is 24.4 Å². The number of hydrogen-bond donors (Lipinski definition) is 2. The van der Waals surface area contributed by atoms with E-state index in [1.165, 1.54) is 18.3 Å². The second kappa shape index (κ2) is 12.6. The van der Waals surface area contributed by atoms with Crippen molar-refractivity contribution in [2.75, 3.05) is 38.1 Å². The average molecular weight is 537 g/mol. The van der Waals surface area contributed by atoms with Crippen LogP contribution >= 0.6 is 0 Å². The van der Waals surface area contributed by atoms with E-state index in [2.05, 4.69) is 22.1 Å². The number of nitrogens with one attached hydrogen (secondary N) is 1. The molecule has 0 aromatic heterocycles. The predicted molar refractivity (Wildman–Crippen MR) is 146 cm³/mol. The van der Waals surface area contributed by atoms with E-state index in [4.69, 9.17) is 10.5 Å². The molecule has 2 heterocycles. The number of benzene rings is 2. The molecule has 0 aliphatic carbocycles. The van der Waals surface area contributed by atoms with E-state index in [1.807, 2.05) is 36.3 Å². The van der Waals surface area contributed by atoms with Crippen molar-refractivity contribution in [3.63, 3.8) is 0 Å². The van der Waals surface area contributed by atoms with Gasteiger partial charge in [0.15, 0.2) is 0 Å². The summed E-state index contributed by atoms with van der Waals surface area (Å²) in [6.07, 6.45) is 6.61. The zero-order valence-corrected chi connectivity index (χ0v) is 21.7. The number of amides is 1. The highest BCUT2D eigenvalue weighted by atomic mass is 19.4. The number of anilines is 1. The maximum absolute atomic E-state index is 13.8. The number of nitrogens with two attached hydrogens (primary N) is 1. The van der Waals surface area contributed by atoms with Crippen molar-refractivity contribution in [1.82, 2.24) is 9.80 Å². The number of likely N-dealkylation sites (tertiary alicyclic amines) is 1. The number of nitrogens with zero attached hydrogens (tertiary/aromatic N) is 2. The third-order valence-electron chi connectivity index (χ3n) is 6.51. The van der Waals surface area contributed by atoms with Gasteiger partial charge in [-0.25, -0.2) is 0 Å². The fraction of sp³-hybridized carbons (Fsp3) is 0.300. The van der Waals surface area contributed by atoms with Crippen LogP contribution in [0, 0.1) is 18.8 Å². The first kappa shape index (κ1) is 27.9. The van der Waals surface area contributed by atoms with Crippen molar-refractivity contribution in [2.24, 2.45) is 5.73 Å². The molecular formula is C30H31F3N4O2. The molecule has 0 atom stereocenters. The Bertz CT molecular complexity index is 1350. The largest absolute Gasteiger partial charge is 0.492 e. The molecule has 2 aromatic rings. The molecule has 1 fully saturated rings. The van der Waals surface area contributed by atoms with Gasteiger partial charge in [-0.2, -0.15) is 13.2 Å². The lowest BCUT2D eigenvalue weighted by Crippen LogP contribution is -2.25. The van der Waals surface area contributed by atoms with Crippen molar-refractivity contribution < 1.29 is 22.7 Å². The second-order valence-corrected chi connectivity index (χ2v) is 9.31. The Hall–Kier alpha value is -4.16. The Labute approximate surface area is 226 Å². The molecule has 0 saturated carbocycles. The highest BCUT2D eigenvalue weighted by Gasteiger charge is 2.35. The van der Waals surface area contributed by atoms with Gasteiger partial charge in [0.1, 0.15) is 18.1 Å². The summed E-state index contributed by atoms with van der Waals surface area (Å²) in [5.74, 6) is 5.28. The average Bonchev–Trinajstić information content (AvgIpc) is 3.44. The number of alkyl halides is 3. The number of halogens is 3. The first-order chi connectivity index (χ1) is 18.7. The zero-order valence-electron chi connectivity index (χ0n) is 21.7. The second-order valence-electron chi connectivity index (χ2n) is 9.31. The molecule has 0 spiro atoms. The molecule has 9 heteroatoms. The normalized spacial score (nSPS) is 15.7. The van der Waals surface area contributed by atoms with Gasteiger partial charge in [-0.15, -0.1) is 0 Å². The maximum atomic E-state index is 13.8. The standard InChI is InChI=1S/C30H31F3N4O2/c1-22-7-8-24(19-23(22)9-11-26(21-34)37-15-3-2-4-16-37)29(38)35-25-10-12-28(27(20-25)30(31,32)33)39-18-17-36-13-5-6-14-36/h2-4,7-8,10,12,15,19-21H,5-6,13-14,16-18,34H2,1H3,(H,35,38)/b26-21-. The van der Waals surface area contributed by atoms with Crippen LogP contribution in [0.15, 0.2) is 72.7 Å². The minimum absolute atomic E-state index is 0.0192. The number of ether oxygens (including phenoxy) is 1. The lowest BCUT2D eigenvalue weighted by molar-refractivity contribution is -0.138. The van der Waals surface area contributed by atoms with Crippen molar-refractivity contribution in [2.45, 2.75) is 25.9 Å². The van der Waals surface area contributed by atoms with E-state index >= 15 is 0 Å². The van der Waals surface area contributed by atoms with Crippen LogP contribution in [0.5, 0.6) is 5.75 Å². The summed E-state index contributed by atoms with van der Waals surface area (Å²) in [6.45, 7) is 5.10. The van der Waals surface area contributed by atoms with Gasteiger partial charge in [0, 0.05) is 42.3 Å². The van der Waals surface area contributed by atoms with Crippen LogP contribution in [0.3, 0.4) is 0 Å². The summed E-state index contributed by atoms with van der Waals surface area (Å²) in [4.78, 5) is 17.0. The third kappa shape index (κ3) is 7.45. The number of allylic oxidation sites excluding steroid dienone is 3. The minimum Gasteiger partial charge on any atom is -0.492 e. The monoisotopic (exact) mass is 536 g/mol. The molecular weight excluding hydrogens is 505 g/mol. The molecule has 0 radical (unpaired) electrons. The molecule has 39 heavy (non-hydrogen) atoms. The van der Waals surface area contributed by atoms with E-state index in [9.17, 15) is 18.0 Å². The fourth-order valence-corrected chi connectivity index (χ4v) is 4.33. The highest BCUT2D eigenvalue weighted by molar-refractivity contribution is 6.04. The van der Waals surface area contributed by atoms with Crippen LogP contribution in [0.1, 0.15) is 39.9 Å². The molecule has 6 nitrogen and oxygen atoms in total. The fourth-order valence-electron chi connectivity index (χ4n) is 4.33. The lowest BCUT2D eigenvalue weighted by Gasteiger charge is -2.19. The topological polar surface area (TPSA) is 70.8 Å². The van der Waals surface area contributed by atoms with Crippen molar-refractivity contribution in [3.8, 4) is 17.6 Å². The molecule has 0 bridgehead atoms. The number of carbonyl (C=O) groups excluding carboxylic acids is 1. The summed E-state index contributed by atoms with van der Waals surface area (Å²) in [6, 6.07) is 8.52. The third-order valence-corrected chi connectivity index (χ3v) is 6.51. The lowest BCUT2D eigenvalue weighted by atomic mass is 10.0. The predicted octanol–water partition coefficient (Wildman–Crippen LogP) is 5.28. The van der Waals surface area contributed by atoms with Gasteiger partial charge in [-0.3, -0.25) is 9.69 Å². The quantitative estimate of drug-likeness (QED) is 0.472. The van der Waals surface area contributed by atoms with Crippen molar-refractivity contribution in [3.05, 3.63) is 95.0 Å². The molecule has 0 unspecified atom stereocenters. The SMILES string of the molecule is Cc1ccc(C(=O)Nc2ccc(OCCN3CCCC3)c(C(F)(F)F)c2)cc1C#C/C(=C/N)N1C=CC=CC1. The van der Waals surface area contributed by atoms with Crippen LogP contribution in [-0.2, 0) is 6.18 Å². The first-order valence-electron chi connectivity index (χ1n) is 12.8. The van der Waals surface area contributed by atoms with Gasteiger partial charge in [0.05, 0.1) is 5.56 Å². The first-order valence-corrected chi connectivity index (χ1v) is 12.8. The van der Waals surface area contributed by atoms with Gasteiger partial charge >= 0.3 is 6.18 Å². The molecule has 204 valence electrons. The van der Waals surface area contributed by atoms with E-state index in [-0.39, 0.29) is 23.6 Å². The molecule has 3 N–H and O–H groups in total. The van der Waals surface area contributed by atoms with Crippen LogP contribution in [0.2, 0.25) is 0 Å². The summed E-state index contributed by atoms with van der Waals surface area (Å²) >= 11 is 0. The van der Waals surface area contributed by atoms with Crippen LogP contribution in [-0.4, -0.2) is 48.5 Å². The van der Waals surface area contributed by atoms with Crippen LogP contribution in [0.25, 0.3) is 0 Å². The van der Waals surface area contributed by atoms with Gasteiger partial charge in [0.25, 0.3) is 5.91 Å². The van der Waals surface area contributed by atoms with Gasteiger partial charge < -0.3 is 20.7 Å². The molecule has 4 rings (SSSR count). The number of aryl methyl sites for hydroxylation is 1. The molecule has 2 aliphatic heterocycles. The Morgan fingerprint density at radius 3 is 2.64 bits per heavy atom. The summed E-state index contributed by atoms with van der Waals surface area (Å²) in [7, 11) is 0. The molecule has 2 aliphatic rings. The van der Waals surface area contributed by atoms with E-state index < -0.39 is 17.6 Å². The van der Waals surface area contributed by atoms with Crippen LogP contribution < -0.4 is 15.8 Å². The Balaban J connectivity index is 1.47. The van der Waals surface area contributed by atoms with Gasteiger partial charge in [-0.05, 0) is 80.7 Å². The summed E-state index contributed by atoms with van der Waals surface area (Å²) in [5.41, 5.74) is 7.17. The smallest absolute Gasteiger partial charge is 0.420 e. The van der Waals surface area contributed by atoms with Crippen LogP contribution in [0.4, 0.5) is 18.9 Å². The highest BCUT2D eigenvalue weighted by Crippen LogP contribution is 2.38. The molecule has 1 amide bonds. The van der Waals surface area contributed by atoms with Crippen molar-refractivity contribution >= 4 is 11.6 Å². The zero-order chi connectivity index (χ0) is 27.8. The van der Waals surface area contributed by atoms with E-state index in [1.54, 1.807) is 18.2 Å². The number of hydrogen-bond acceptors (Lipinski definition) is 5. The Kier molecular flexibility index (Phi) is 8.99. The Morgan fingerprint density at radius 2 is 1.95 bits per heavy atom. The number of carbonyl (C=O) groups is 1. The summed E-state index contributed by atoms with van der Waals surface area (Å²) in [5, 5.41) is 2.57. The van der Waals surface area contributed by atoms with Crippen molar-refractivity contribution in [1.29, 1.82) is 0 Å². The molecule has 1 saturated heterocycles. The van der Waals surface area contributed by atoms with Gasteiger partial charge in [-0.1, -0.05) is 24.1 Å². The Morgan fingerprint density at radius 1 is 1.15 bits per heavy atom. The maximum Gasteiger partial charge on any atom is 0.420 e. The van der Waals surface area contributed by atoms with E-state index in [0.717, 1.165) is 37.6 Å². The molecule has 2 aromatic carbocycles. The van der Waals surface area contributed by atoms with Gasteiger partial charge in [0.2, 0.25) is 0 Å². The minimum atomic E-state index is -4.64. The summed E-state index contributed by atoms with van der Waals surface area (Å²) < 4.78 is 46.8. The number of rotatable bonds is 7.